The van der Waals surface area contributed by atoms with Gasteiger partial charge in [-0.2, -0.15) is 0 Å². The van der Waals surface area contributed by atoms with E-state index in [-0.39, 0.29) is 17.6 Å². The maximum atomic E-state index is 11.1. The Kier molecular flexibility index (Phi) is 3.72. The zero-order chi connectivity index (χ0) is 9.84. The van der Waals surface area contributed by atoms with Gasteiger partial charge in [0.15, 0.2) is 0 Å². The molecule has 0 aromatic carbocycles. The first kappa shape index (κ1) is 10.5. The van der Waals surface area contributed by atoms with Crippen LogP contribution in [0.4, 0.5) is 0 Å². The summed E-state index contributed by atoms with van der Waals surface area (Å²) in [6.45, 7) is 2.08. The van der Waals surface area contributed by atoms with Crippen LogP contribution in [0.5, 0.6) is 0 Å². The minimum absolute atomic E-state index is 0.00793. The summed E-state index contributed by atoms with van der Waals surface area (Å²) in [6.07, 6.45) is 2.54. The molecule has 0 heterocycles. The molecule has 0 unspecified atom stereocenters. The van der Waals surface area contributed by atoms with Gasteiger partial charge in [-0.15, -0.1) is 11.6 Å². The number of hydrogen-bond acceptors (Lipinski definition) is 2. The largest absolute Gasteiger partial charge is 0.340 e. The quantitative estimate of drug-likeness (QED) is 0.630. The molecule has 1 fully saturated rings. The molecule has 0 spiro atoms. The van der Waals surface area contributed by atoms with Gasteiger partial charge in [-0.1, -0.05) is 0 Å². The molecule has 1 amide bonds. The Hall–Kier alpha value is -0.570. The Labute approximate surface area is 83.0 Å². The third-order valence-electron chi connectivity index (χ3n) is 2.17. The lowest BCUT2D eigenvalue weighted by molar-refractivity contribution is -0.129. The van der Waals surface area contributed by atoms with Crippen LogP contribution in [0.15, 0.2) is 0 Å². The average Bonchev–Trinajstić information content (AvgIpc) is 2.87. The Morgan fingerprint density at radius 2 is 2.08 bits per heavy atom. The summed E-state index contributed by atoms with van der Waals surface area (Å²) >= 11 is 5.36. The van der Waals surface area contributed by atoms with Gasteiger partial charge in [-0.25, -0.2) is 0 Å². The smallest absolute Gasteiger partial charge is 0.219 e. The summed E-state index contributed by atoms with van der Waals surface area (Å²) in [5, 5.41) is 0. The Morgan fingerprint density at radius 1 is 1.46 bits per heavy atom. The van der Waals surface area contributed by atoms with Crippen molar-refractivity contribution < 1.29 is 9.59 Å². The van der Waals surface area contributed by atoms with E-state index in [2.05, 4.69) is 0 Å². The predicted molar refractivity (Wildman–Crippen MR) is 50.8 cm³/mol. The van der Waals surface area contributed by atoms with Crippen LogP contribution in [0.2, 0.25) is 0 Å². The molecule has 1 saturated carbocycles. The summed E-state index contributed by atoms with van der Waals surface area (Å²) in [5.74, 6) is 0.120. The molecule has 3 nitrogen and oxygen atoms in total. The van der Waals surface area contributed by atoms with E-state index in [1.165, 1.54) is 0 Å². The fourth-order valence-electron chi connectivity index (χ4n) is 1.30. The van der Waals surface area contributed by atoms with Crippen LogP contribution in [0.25, 0.3) is 0 Å². The van der Waals surface area contributed by atoms with Crippen molar-refractivity contribution in [1.29, 1.82) is 0 Å². The van der Waals surface area contributed by atoms with E-state index in [4.69, 9.17) is 11.6 Å². The van der Waals surface area contributed by atoms with Crippen molar-refractivity contribution in [2.24, 2.45) is 0 Å². The minimum atomic E-state index is 0.00793. The van der Waals surface area contributed by atoms with Crippen LogP contribution in [0, 0.1) is 0 Å². The van der Waals surface area contributed by atoms with Crippen LogP contribution in [-0.4, -0.2) is 35.1 Å². The number of alkyl halides is 1. The summed E-state index contributed by atoms with van der Waals surface area (Å²) in [5.41, 5.74) is 0. The van der Waals surface area contributed by atoms with Gasteiger partial charge in [0.2, 0.25) is 5.91 Å². The van der Waals surface area contributed by atoms with Crippen molar-refractivity contribution >= 4 is 23.3 Å². The van der Waals surface area contributed by atoms with Gasteiger partial charge >= 0.3 is 0 Å². The fraction of sp³-hybridized carbons (Fsp3) is 0.778. The van der Waals surface area contributed by atoms with Crippen LogP contribution in [0.3, 0.4) is 0 Å². The first-order valence-corrected chi connectivity index (χ1v) is 5.03. The van der Waals surface area contributed by atoms with Crippen molar-refractivity contribution in [3.8, 4) is 0 Å². The summed E-state index contributed by atoms with van der Waals surface area (Å²) in [6, 6.07) is 0.389. The van der Waals surface area contributed by atoms with Crippen LogP contribution in [0.1, 0.15) is 26.2 Å². The second kappa shape index (κ2) is 4.61. The van der Waals surface area contributed by atoms with Gasteiger partial charge in [-0.05, 0) is 12.8 Å². The molecule has 1 aliphatic carbocycles. The Morgan fingerprint density at radius 3 is 2.46 bits per heavy atom. The maximum Gasteiger partial charge on any atom is 0.219 e. The normalized spacial score (nSPS) is 15.5. The van der Waals surface area contributed by atoms with Gasteiger partial charge < -0.3 is 4.90 Å². The highest BCUT2D eigenvalue weighted by Gasteiger charge is 2.30. The molecule has 1 rings (SSSR count). The zero-order valence-corrected chi connectivity index (χ0v) is 8.51. The second-order valence-corrected chi connectivity index (χ2v) is 3.63. The lowest BCUT2D eigenvalue weighted by Gasteiger charge is -2.19. The van der Waals surface area contributed by atoms with E-state index in [0.29, 0.717) is 19.0 Å². The standard InChI is InChI=1S/C9H14ClNO2/c1-7(12)11(8-2-3-8)5-4-9(13)6-10/h8H,2-6H2,1H3. The molecule has 1 aliphatic rings. The number of amides is 1. The van der Waals surface area contributed by atoms with Crippen molar-refractivity contribution in [3.63, 3.8) is 0 Å². The first-order chi connectivity index (χ1) is 6.15. The molecule has 4 heteroatoms. The van der Waals surface area contributed by atoms with E-state index < -0.39 is 0 Å². The molecule has 0 saturated heterocycles. The average molecular weight is 204 g/mol. The lowest BCUT2D eigenvalue weighted by Crippen LogP contribution is -2.33. The first-order valence-electron chi connectivity index (χ1n) is 4.50. The third-order valence-corrected chi connectivity index (χ3v) is 2.47. The Balaban J connectivity index is 2.30. The highest BCUT2D eigenvalue weighted by atomic mass is 35.5. The van der Waals surface area contributed by atoms with Gasteiger partial charge in [0.05, 0.1) is 5.88 Å². The van der Waals surface area contributed by atoms with E-state index in [9.17, 15) is 9.59 Å². The van der Waals surface area contributed by atoms with Crippen molar-refractivity contribution in [3.05, 3.63) is 0 Å². The molecule has 0 radical (unpaired) electrons. The van der Waals surface area contributed by atoms with Crippen molar-refractivity contribution in [2.45, 2.75) is 32.2 Å². The molecular formula is C9H14ClNO2. The minimum Gasteiger partial charge on any atom is -0.340 e. The van der Waals surface area contributed by atoms with Gasteiger partial charge in [0.25, 0.3) is 0 Å². The molecular weight excluding hydrogens is 190 g/mol. The van der Waals surface area contributed by atoms with Gasteiger partial charge in [-0.3, -0.25) is 9.59 Å². The second-order valence-electron chi connectivity index (χ2n) is 3.37. The number of carbonyl (C=O) groups is 2. The molecule has 0 aromatic rings. The molecule has 0 aliphatic heterocycles. The fourth-order valence-corrected chi connectivity index (χ4v) is 1.43. The number of halogens is 1. The summed E-state index contributed by atoms with van der Waals surface area (Å²) in [7, 11) is 0. The van der Waals surface area contributed by atoms with E-state index >= 15 is 0 Å². The van der Waals surface area contributed by atoms with Crippen LogP contribution in [-0.2, 0) is 9.59 Å². The number of nitrogens with zero attached hydrogens (tertiary/aromatic N) is 1. The Bertz CT molecular complexity index is 214. The van der Waals surface area contributed by atoms with Crippen LogP contribution >= 0.6 is 11.6 Å². The number of hydrogen-bond donors (Lipinski definition) is 0. The topological polar surface area (TPSA) is 37.4 Å². The molecule has 0 N–H and O–H groups in total. The number of Topliss-reactive ketones (excluding diaryl/α,β-unsaturated/α-hetero) is 1. The number of ketones is 1. The molecule has 13 heavy (non-hydrogen) atoms. The van der Waals surface area contributed by atoms with E-state index in [1.54, 1.807) is 11.8 Å². The molecule has 0 bridgehead atoms. The predicted octanol–water partition coefficient (Wildman–Crippen LogP) is 1.20. The maximum absolute atomic E-state index is 11.1. The van der Waals surface area contributed by atoms with Gasteiger partial charge in [0, 0.05) is 25.9 Å². The van der Waals surface area contributed by atoms with Crippen molar-refractivity contribution in [1.82, 2.24) is 4.90 Å². The molecule has 0 aromatic heterocycles. The number of carbonyl (C=O) groups excluding carboxylic acids is 2. The summed E-state index contributed by atoms with van der Waals surface area (Å²) in [4.78, 5) is 23.8. The monoisotopic (exact) mass is 203 g/mol. The SMILES string of the molecule is CC(=O)N(CCC(=O)CCl)C1CC1. The van der Waals surface area contributed by atoms with E-state index in [0.717, 1.165) is 12.8 Å². The third kappa shape index (κ3) is 3.35. The summed E-state index contributed by atoms with van der Waals surface area (Å²) < 4.78 is 0. The molecule has 74 valence electrons. The number of rotatable bonds is 5. The zero-order valence-electron chi connectivity index (χ0n) is 7.75. The van der Waals surface area contributed by atoms with Crippen LogP contribution < -0.4 is 0 Å². The van der Waals surface area contributed by atoms with Gasteiger partial charge in [0.1, 0.15) is 5.78 Å². The van der Waals surface area contributed by atoms with E-state index in [1.807, 2.05) is 0 Å². The highest BCUT2D eigenvalue weighted by Crippen LogP contribution is 2.26. The highest BCUT2D eigenvalue weighted by molar-refractivity contribution is 6.27. The lowest BCUT2D eigenvalue weighted by atomic mass is 10.3. The van der Waals surface area contributed by atoms with Crippen molar-refractivity contribution in [2.75, 3.05) is 12.4 Å². The molecule has 0 atom stereocenters.